The van der Waals surface area contributed by atoms with E-state index in [1.165, 1.54) is 30.5 Å². The summed E-state index contributed by atoms with van der Waals surface area (Å²) in [5.41, 5.74) is 2.68. The number of hydrogen-bond donors (Lipinski definition) is 2. The number of nitrogens with one attached hydrogen (secondary N) is 2. The topological polar surface area (TPSA) is 44.0 Å². The van der Waals surface area contributed by atoms with Gasteiger partial charge in [0.05, 0.1) is 0 Å². The Bertz CT molecular complexity index is 476. The zero-order valence-corrected chi connectivity index (χ0v) is 11.5. The Balaban J connectivity index is 2.01. The van der Waals surface area contributed by atoms with Gasteiger partial charge in [-0.25, -0.2) is 4.98 Å². The lowest BCUT2D eigenvalue weighted by atomic mass is 10.1. The van der Waals surface area contributed by atoms with E-state index in [2.05, 4.69) is 20.2 Å². The third kappa shape index (κ3) is 2.42. The first kappa shape index (κ1) is 12.1. The predicted molar refractivity (Wildman–Crippen MR) is 75.8 cm³/mol. The van der Waals surface area contributed by atoms with Crippen LogP contribution in [0, 0.1) is 4.77 Å². The van der Waals surface area contributed by atoms with Crippen LogP contribution in [-0.2, 0) is 12.8 Å². The van der Waals surface area contributed by atoms with E-state index in [1.54, 1.807) is 0 Å². The summed E-state index contributed by atoms with van der Waals surface area (Å²) in [5, 5.41) is 3.44. The number of aromatic nitrogens is 2. The second-order valence-electron chi connectivity index (χ2n) is 5.12. The SMILES string of the molecule is S=c1nc(N2CCCCC2)c2c([nH]1)CCNCC2. The molecule has 1 fully saturated rings. The number of nitrogens with zero attached hydrogens (tertiary/aromatic N) is 2. The van der Waals surface area contributed by atoms with Crippen molar-refractivity contribution in [1.29, 1.82) is 0 Å². The van der Waals surface area contributed by atoms with Crippen LogP contribution in [0.4, 0.5) is 5.82 Å². The second-order valence-corrected chi connectivity index (χ2v) is 5.51. The monoisotopic (exact) mass is 264 g/mol. The second kappa shape index (κ2) is 5.36. The molecule has 3 heterocycles. The zero-order valence-electron chi connectivity index (χ0n) is 10.7. The first-order valence-corrected chi connectivity index (χ1v) is 7.33. The Morgan fingerprint density at radius 2 is 1.83 bits per heavy atom. The molecular formula is C13H20N4S. The largest absolute Gasteiger partial charge is 0.356 e. The maximum absolute atomic E-state index is 5.28. The Labute approximate surface area is 113 Å². The van der Waals surface area contributed by atoms with Crippen LogP contribution in [0.5, 0.6) is 0 Å². The van der Waals surface area contributed by atoms with Gasteiger partial charge in [-0.05, 0) is 44.4 Å². The standard InChI is InChI=1S/C13H20N4S/c18-13-15-11-5-7-14-6-4-10(11)12(16-13)17-8-2-1-3-9-17/h14H,1-9H2,(H,15,16,18). The van der Waals surface area contributed by atoms with Gasteiger partial charge in [-0.15, -0.1) is 0 Å². The van der Waals surface area contributed by atoms with Crippen molar-refractivity contribution in [2.24, 2.45) is 0 Å². The molecular weight excluding hydrogens is 244 g/mol. The van der Waals surface area contributed by atoms with Crippen LogP contribution in [0.15, 0.2) is 0 Å². The minimum atomic E-state index is 0.635. The molecule has 0 unspecified atom stereocenters. The first-order valence-electron chi connectivity index (χ1n) is 6.92. The van der Waals surface area contributed by atoms with E-state index >= 15 is 0 Å². The average Bonchev–Trinajstić information content (AvgIpc) is 2.64. The summed E-state index contributed by atoms with van der Waals surface area (Å²) in [6.45, 7) is 4.33. The van der Waals surface area contributed by atoms with Crippen molar-refractivity contribution in [3.63, 3.8) is 0 Å². The van der Waals surface area contributed by atoms with Gasteiger partial charge in [0.1, 0.15) is 5.82 Å². The normalized spacial score (nSPS) is 20.3. The fourth-order valence-electron chi connectivity index (χ4n) is 2.93. The highest BCUT2D eigenvalue weighted by Gasteiger charge is 2.20. The molecule has 0 aliphatic carbocycles. The third-order valence-electron chi connectivity index (χ3n) is 3.86. The van der Waals surface area contributed by atoms with Gasteiger partial charge in [-0.3, -0.25) is 0 Å². The summed E-state index contributed by atoms with van der Waals surface area (Å²) < 4.78 is 0.635. The molecule has 2 aliphatic rings. The van der Waals surface area contributed by atoms with E-state index in [1.807, 2.05) is 0 Å². The molecule has 0 bridgehead atoms. The van der Waals surface area contributed by atoms with Crippen molar-refractivity contribution in [3.8, 4) is 0 Å². The minimum Gasteiger partial charge on any atom is -0.356 e. The lowest BCUT2D eigenvalue weighted by Gasteiger charge is -2.29. The van der Waals surface area contributed by atoms with Crippen LogP contribution >= 0.6 is 12.2 Å². The Hall–Kier alpha value is -0.940. The van der Waals surface area contributed by atoms with E-state index in [4.69, 9.17) is 12.2 Å². The van der Waals surface area contributed by atoms with Gasteiger partial charge in [-0.1, -0.05) is 0 Å². The zero-order chi connectivity index (χ0) is 12.4. The molecule has 0 amide bonds. The molecule has 0 spiro atoms. The van der Waals surface area contributed by atoms with Crippen molar-refractivity contribution in [1.82, 2.24) is 15.3 Å². The quantitative estimate of drug-likeness (QED) is 0.759. The number of rotatable bonds is 1. The molecule has 1 saturated heterocycles. The van der Waals surface area contributed by atoms with Crippen LogP contribution in [0.3, 0.4) is 0 Å². The van der Waals surface area contributed by atoms with Crippen molar-refractivity contribution in [3.05, 3.63) is 16.0 Å². The number of aromatic amines is 1. The number of piperidine rings is 1. The van der Waals surface area contributed by atoms with Gasteiger partial charge >= 0.3 is 0 Å². The van der Waals surface area contributed by atoms with Crippen LogP contribution < -0.4 is 10.2 Å². The summed E-state index contributed by atoms with van der Waals surface area (Å²) in [7, 11) is 0. The van der Waals surface area contributed by atoms with Crippen LogP contribution in [0.25, 0.3) is 0 Å². The maximum Gasteiger partial charge on any atom is 0.198 e. The molecule has 5 heteroatoms. The molecule has 4 nitrogen and oxygen atoms in total. The smallest absolute Gasteiger partial charge is 0.198 e. The van der Waals surface area contributed by atoms with Gasteiger partial charge in [0, 0.05) is 37.3 Å². The highest BCUT2D eigenvalue weighted by atomic mass is 32.1. The number of anilines is 1. The number of fused-ring (bicyclic) bond motifs is 1. The average molecular weight is 264 g/mol. The van der Waals surface area contributed by atoms with Crippen molar-refractivity contribution in [2.45, 2.75) is 32.1 Å². The van der Waals surface area contributed by atoms with Gasteiger partial charge in [0.25, 0.3) is 0 Å². The van der Waals surface area contributed by atoms with E-state index in [-0.39, 0.29) is 0 Å². The van der Waals surface area contributed by atoms with E-state index in [9.17, 15) is 0 Å². The Morgan fingerprint density at radius 1 is 1.06 bits per heavy atom. The van der Waals surface area contributed by atoms with Crippen molar-refractivity contribution < 1.29 is 0 Å². The van der Waals surface area contributed by atoms with E-state index in [0.717, 1.165) is 44.8 Å². The molecule has 1 aromatic rings. The molecule has 0 radical (unpaired) electrons. The molecule has 98 valence electrons. The lowest BCUT2D eigenvalue weighted by Crippen LogP contribution is -2.31. The fraction of sp³-hybridized carbons (Fsp3) is 0.692. The van der Waals surface area contributed by atoms with Gasteiger partial charge in [0.15, 0.2) is 4.77 Å². The Kier molecular flexibility index (Phi) is 3.61. The highest BCUT2D eigenvalue weighted by Crippen LogP contribution is 2.25. The molecule has 2 N–H and O–H groups in total. The van der Waals surface area contributed by atoms with E-state index < -0.39 is 0 Å². The molecule has 1 aromatic heterocycles. The molecule has 18 heavy (non-hydrogen) atoms. The minimum absolute atomic E-state index is 0.635. The maximum atomic E-state index is 5.28. The van der Waals surface area contributed by atoms with Crippen molar-refractivity contribution >= 4 is 18.0 Å². The summed E-state index contributed by atoms with van der Waals surface area (Å²) in [6.07, 6.45) is 5.99. The lowest BCUT2D eigenvalue weighted by molar-refractivity contribution is 0.570. The predicted octanol–water partition coefficient (Wildman–Crippen LogP) is 1.82. The van der Waals surface area contributed by atoms with Crippen LogP contribution in [0.2, 0.25) is 0 Å². The van der Waals surface area contributed by atoms with E-state index in [0.29, 0.717) is 4.77 Å². The van der Waals surface area contributed by atoms with Crippen LogP contribution in [-0.4, -0.2) is 36.1 Å². The first-order chi connectivity index (χ1) is 8.84. The number of hydrogen-bond acceptors (Lipinski definition) is 4. The summed E-state index contributed by atoms with van der Waals surface area (Å²) in [6, 6.07) is 0. The Morgan fingerprint density at radius 3 is 2.67 bits per heavy atom. The summed E-state index contributed by atoms with van der Waals surface area (Å²) in [5.74, 6) is 1.15. The highest BCUT2D eigenvalue weighted by molar-refractivity contribution is 7.71. The van der Waals surface area contributed by atoms with Crippen LogP contribution in [0.1, 0.15) is 30.5 Å². The molecule has 2 aliphatic heterocycles. The van der Waals surface area contributed by atoms with Gasteiger partial charge < -0.3 is 15.2 Å². The van der Waals surface area contributed by atoms with Gasteiger partial charge in [-0.2, -0.15) is 0 Å². The van der Waals surface area contributed by atoms with Gasteiger partial charge in [0.2, 0.25) is 0 Å². The number of H-pyrrole nitrogens is 1. The molecule has 0 atom stereocenters. The summed E-state index contributed by atoms with van der Waals surface area (Å²) >= 11 is 5.28. The third-order valence-corrected chi connectivity index (χ3v) is 4.05. The fourth-order valence-corrected chi connectivity index (χ4v) is 3.14. The molecule has 3 rings (SSSR count). The van der Waals surface area contributed by atoms with Crippen molar-refractivity contribution in [2.75, 3.05) is 31.1 Å². The molecule has 0 saturated carbocycles. The molecule has 0 aromatic carbocycles. The summed E-state index contributed by atoms with van der Waals surface area (Å²) in [4.78, 5) is 10.3.